The molecule has 1 heterocycles. The lowest BCUT2D eigenvalue weighted by atomic mass is 9.86. The number of ether oxygens (including phenoxy) is 2. The van der Waals surface area contributed by atoms with Crippen LogP contribution < -0.4 is 0 Å². The van der Waals surface area contributed by atoms with Gasteiger partial charge < -0.3 is 9.47 Å². The third-order valence-electron chi connectivity index (χ3n) is 4.52. The van der Waals surface area contributed by atoms with Gasteiger partial charge in [-0.25, -0.2) is 4.79 Å². The summed E-state index contributed by atoms with van der Waals surface area (Å²) in [6.07, 6.45) is -0.884. The van der Waals surface area contributed by atoms with Gasteiger partial charge in [0.1, 0.15) is 0 Å². The molecule has 0 N–H and O–H groups in total. The third-order valence-corrected chi connectivity index (χ3v) is 4.87. The number of nitro benzene ring substituents is 1. The van der Waals surface area contributed by atoms with Crippen molar-refractivity contribution in [2.45, 2.75) is 39.1 Å². The lowest BCUT2D eigenvalue weighted by Crippen LogP contribution is -2.37. The number of nitrogens with zero attached hydrogens (tertiary/aromatic N) is 1. The maximum absolute atomic E-state index is 13.0. The number of nitro groups is 1. The van der Waals surface area contributed by atoms with Crippen LogP contribution in [0.25, 0.3) is 0 Å². The molecule has 1 saturated heterocycles. The number of benzene rings is 2. The molecule has 6 nitrogen and oxygen atoms in total. The van der Waals surface area contributed by atoms with Gasteiger partial charge in [0.05, 0.1) is 15.5 Å². The van der Waals surface area contributed by atoms with Crippen molar-refractivity contribution in [2.75, 3.05) is 0 Å². The molecule has 2 aromatic carbocycles. The number of halogens is 1. The van der Waals surface area contributed by atoms with Gasteiger partial charge in [-0.2, -0.15) is 0 Å². The van der Waals surface area contributed by atoms with E-state index in [0.717, 1.165) is 0 Å². The number of rotatable bonds is 4. The Morgan fingerprint density at radius 3 is 2.37 bits per heavy atom. The molecule has 1 fully saturated rings. The van der Waals surface area contributed by atoms with E-state index >= 15 is 0 Å². The van der Waals surface area contributed by atoms with Gasteiger partial charge in [0.25, 0.3) is 5.69 Å². The van der Waals surface area contributed by atoms with Gasteiger partial charge in [0, 0.05) is 17.9 Å². The minimum Gasteiger partial charge on any atom is -0.433 e. The SMILES string of the molecule is CC(C)(C)[C@@H]1OC(=O)[C@](Cc2c(Cl)cccc2[N+](=O)[O-])(c2ccccc2)O1. The first-order valence-corrected chi connectivity index (χ1v) is 8.89. The molecule has 7 heteroatoms. The highest BCUT2D eigenvalue weighted by atomic mass is 35.5. The van der Waals surface area contributed by atoms with Gasteiger partial charge in [-0.15, -0.1) is 0 Å². The summed E-state index contributed by atoms with van der Waals surface area (Å²) in [5.74, 6) is -0.581. The summed E-state index contributed by atoms with van der Waals surface area (Å²) in [5.41, 5.74) is -1.32. The quantitative estimate of drug-likeness (QED) is 0.432. The van der Waals surface area contributed by atoms with Crippen LogP contribution in [0.15, 0.2) is 48.5 Å². The Bertz CT molecular complexity index is 878. The Morgan fingerprint density at radius 1 is 1.15 bits per heavy atom. The van der Waals surface area contributed by atoms with Crippen molar-refractivity contribution in [3.05, 3.63) is 74.8 Å². The average Bonchev–Trinajstić information content (AvgIpc) is 2.95. The Labute approximate surface area is 162 Å². The normalized spacial score (nSPS) is 22.5. The maximum Gasteiger partial charge on any atom is 0.345 e. The van der Waals surface area contributed by atoms with Crippen molar-refractivity contribution in [1.82, 2.24) is 0 Å². The van der Waals surface area contributed by atoms with E-state index in [2.05, 4.69) is 0 Å². The smallest absolute Gasteiger partial charge is 0.345 e. The molecule has 27 heavy (non-hydrogen) atoms. The molecule has 3 rings (SSSR count). The first kappa shape index (κ1) is 19.3. The van der Waals surface area contributed by atoms with E-state index in [9.17, 15) is 14.9 Å². The van der Waals surface area contributed by atoms with Crippen molar-refractivity contribution in [1.29, 1.82) is 0 Å². The molecule has 0 radical (unpaired) electrons. The summed E-state index contributed by atoms with van der Waals surface area (Å²) in [4.78, 5) is 24.0. The largest absolute Gasteiger partial charge is 0.433 e. The molecule has 0 spiro atoms. The number of hydrogen-bond donors (Lipinski definition) is 0. The summed E-state index contributed by atoms with van der Waals surface area (Å²) in [6.45, 7) is 5.68. The Hall–Kier alpha value is -2.44. The second-order valence-electron chi connectivity index (χ2n) is 7.59. The minimum absolute atomic E-state index is 0.0988. The van der Waals surface area contributed by atoms with Crippen molar-refractivity contribution in [2.24, 2.45) is 5.41 Å². The summed E-state index contributed by atoms with van der Waals surface area (Å²) in [7, 11) is 0. The predicted octanol–water partition coefficient (Wildman–Crippen LogP) is 4.63. The molecular weight excluding hydrogens is 370 g/mol. The van der Waals surface area contributed by atoms with Crippen molar-refractivity contribution in [3.63, 3.8) is 0 Å². The predicted molar refractivity (Wildman–Crippen MR) is 100 cm³/mol. The van der Waals surface area contributed by atoms with Crippen LogP contribution in [0.3, 0.4) is 0 Å². The fraction of sp³-hybridized carbons (Fsp3) is 0.350. The van der Waals surface area contributed by atoms with Gasteiger partial charge in [0.2, 0.25) is 6.29 Å². The zero-order valence-electron chi connectivity index (χ0n) is 15.3. The zero-order valence-corrected chi connectivity index (χ0v) is 16.0. The highest BCUT2D eigenvalue weighted by Crippen LogP contribution is 2.45. The van der Waals surface area contributed by atoms with Gasteiger partial charge >= 0.3 is 5.97 Å². The van der Waals surface area contributed by atoms with Crippen molar-refractivity contribution >= 4 is 23.3 Å². The number of esters is 1. The second-order valence-corrected chi connectivity index (χ2v) is 7.99. The van der Waals surface area contributed by atoms with Gasteiger partial charge in [0.15, 0.2) is 5.60 Å². The Balaban J connectivity index is 2.14. The summed E-state index contributed by atoms with van der Waals surface area (Å²) < 4.78 is 11.7. The minimum atomic E-state index is -1.50. The van der Waals surface area contributed by atoms with E-state index in [0.29, 0.717) is 5.56 Å². The Morgan fingerprint density at radius 2 is 1.81 bits per heavy atom. The molecule has 1 aliphatic rings. The van der Waals surface area contributed by atoms with E-state index in [1.54, 1.807) is 30.3 Å². The van der Waals surface area contributed by atoms with Crippen LogP contribution >= 0.6 is 11.6 Å². The van der Waals surface area contributed by atoms with E-state index < -0.39 is 28.2 Å². The topological polar surface area (TPSA) is 78.7 Å². The van der Waals surface area contributed by atoms with Crippen molar-refractivity contribution in [3.8, 4) is 0 Å². The van der Waals surface area contributed by atoms with Crippen LogP contribution in [-0.2, 0) is 26.3 Å². The lowest BCUT2D eigenvalue weighted by Gasteiger charge is -2.29. The highest BCUT2D eigenvalue weighted by molar-refractivity contribution is 6.31. The van der Waals surface area contributed by atoms with Crippen LogP contribution in [0.4, 0.5) is 5.69 Å². The van der Waals surface area contributed by atoms with E-state index in [-0.39, 0.29) is 22.7 Å². The molecule has 0 aliphatic carbocycles. The molecule has 0 unspecified atom stereocenters. The summed E-state index contributed by atoms with van der Waals surface area (Å²) in [5, 5.41) is 11.7. The monoisotopic (exact) mass is 389 g/mol. The van der Waals surface area contributed by atoms with Crippen molar-refractivity contribution < 1.29 is 19.2 Å². The first-order chi connectivity index (χ1) is 12.6. The van der Waals surface area contributed by atoms with Gasteiger partial charge in [-0.1, -0.05) is 68.8 Å². The van der Waals surface area contributed by atoms with Crippen LogP contribution in [0.5, 0.6) is 0 Å². The number of carbonyl (C=O) groups excluding carboxylic acids is 1. The molecule has 0 bridgehead atoms. The number of carbonyl (C=O) groups is 1. The van der Waals surface area contributed by atoms with Crippen LogP contribution in [0.1, 0.15) is 31.9 Å². The molecule has 0 aromatic heterocycles. The molecule has 1 aliphatic heterocycles. The van der Waals surface area contributed by atoms with E-state index in [1.807, 2.05) is 26.8 Å². The van der Waals surface area contributed by atoms with Crippen LogP contribution in [0, 0.1) is 15.5 Å². The first-order valence-electron chi connectivity index (χ1n) is 8.51. The molecule has 0 saturated carbocycles. The van der Waals surface area contributed by atoms with E-state index in [1.165, 1.54) is 12.1 Å². The average molecular weight is 390 g/mol. The summed E-state index contributed by atoms with van der Waals surface area (Å²) >= 11 is 6.26. The molecule has 0 amide bonds. The molecular formula is C20H20ClNO5. The fourth-order valence-electron chi connectivity index (χ4n) is 3.05. The number of hydrogen-bond acceptors (Lipinski definition) is 5. The summed E-state index contributed by atoms with van der Waals surface area (Å²) in [6, 6.07) is 13.3. The maximum atomic E-state index is 13.0. The van der Waals surface area contributed by atoms with Gasteiger partial charge in [-0.05, 0) is 11.6 Å². The molecule has 2 aromatic rings. The van der Waals surface area contributed by atoms with Crippen LogP contribution in [-0.4, -0.2) is 17.2 Å². The Kier molecular flexibility index (Phi) is 4.97. The number of cyclic esters (lactones) is 1. The third kappa shape index (κ3) is 3.55. The fourth-order valence-corrected chi connectivity index (χ4v) is 3.29. The van der Waals surface area contributed by atoms with Crippen LogP contribution in [0.2, 0.25) is 5.02 Å². The second kappa shape index (κ2) is 6.94. The highest BCUT2D eigenvalue weighted by Gasteiger charge is 2.55. The zero-order chi connectivity index (χ0) is 19.8. The van der Waals surface area contributed by atoms with E-state index in [4.69, 9.17) is 21.1 Å². The van der Waals surface area contributed by atoms with Gasteiger partial charge in [-0.3, -0.25) is 10.1 Å². The lowest BCUT2D eigenvalue weighted by molar-refractivity contribution is -0.385. The molecule has 142 valence electrons. The molecule has 2 atom stereocenters. The standard InChI is InChI=1S/C20H20ClNO5/c1-19(2,3)18-26-17(23)20(27-18,13-8-5-4-6-9-13)12-14-15(21)10-7-11-16(14)22(24)25/h4-11,18H,12H2,1-3H3/t18-,20+/m1/s1.